The Balaban J connectivity index is 2.08. The van der Waals surface area contributed by atoms with Gasteiger partial charge in [0.15, 0.2) is 6.10 Å². The number of thioether (sulfide) groups is 1. The maximum atomic E-state index is 12.5. The Morgan fingerprint density at radius 1 is 1.22 bits per heavy atom. The number of nitrogens with one attached hydrogen (secondary N) is 1. The third kappa shape index (κ3) is 4.76. The molecule has 3 nitrogen and oxygen atoms in total. The second kappa shape index (κ2) is 8.06. The Bertz CT molecular complexity index is 685. The van der Waals surface area contributed by atoms with Crippen LogP contribution < -0.4 is 10.1 Å². The van der Waals surface area contributed by atoms with Crippen molar-refractivity contribution in [2.45, 2.75) is 38.2 Å². The van der Waals surface area contributed by atoms with E-state index in [-0.39, 0.29) is 5.91 Å². The van der Waals surface area contributed by atoms with Crippen molar-refractivity contribution in [3.63, 3.8) is 0 Å². The van der Waals surface area contributed by atoms with E-state index in [0.717, 1.165) is 21.9 Å². The van der Waals surface area contributed by atoms with E-state index in [1.165, 1.54) is 5.56 Å². The maximum absolute atomic E-state index is 12.5. The standard InChI is InChI=1S/C19H23NO2S/c1-5-17(22-18-10-9-13(2)11-14(18)3)19(21)20-15-7-6-8-16(12-15)23-4/h6-12,17H,5H2,1-4H3,(H,20,21)/t17-/m1/s1. The van der Waals surface area contributed by atoms with Crippen LogP contribution in [-0.4, -0.2) is 18.3 Å². The van der Waals surface area contributed by atoms with E-state index in [1.807, 2.05) is 63.4 Å². The molecule has 2 rings (SSSR count). The third-order valence-corrected chi connectivity index (χ3v) is 4.33. The number of aryl methyl sites for hydroxylation is 2. The van der Waals surface area contributed by atoms with Crippen molar-refractivity contribution in [3.05, 3.63) is 53.6 Å². The minimum Gasteiger partial charge on any atom is -0.480 e. The van der Waals surface area contributed by atoms with E-state index in [4.69, 9.17) is 4.74 Å². The van der Waals surface area contributed by atoms with E-state index in [9.17, 15) is 4.79 Å². The number of benzene rings is 2. The van der Waals surface area contributed by atoms with Crippen molar-refractivity contribution in [1.82, 2.24) is 0 Å². The van der Waals surface area contributed by atoms with Crippen LogP contribution in [0, 0.1) is 13.8 Å². The maximum Gasteiger partial charge on any atom is 0.265 e. The summed E-state index contributed by atoms with van der Waals surface area (Å²) >= 11 is 1.65. The number of hydrogen-bond donors (Lipinski definition) is 1. The molecule has 0 aliphatic rings. The molecule has 0 spiro atoms. The van der Waals surface area contributed by atoms with Gasteiger partial charge in [0.25, 0.3) is 5.91 Å². The van der Waals surface area contributed by atoms with E-state index in [1.54, 1.807) is 11.8 Å². The molecule has 0 aliphatic carbocycles. The fraction of sp³-hybridized carbons (Fsp3) is 0.316. The molecule has 0 bridgehead atoms. The number of anilines is 1. The zero-order chi connectivity index (χ0) is 16.8. The van der Waals surface area contributed by atoms with Gasteiger partial charge in [-0.05, 0) is 56.4 Å². The predicted octanol–water partition coefficient (Wildman–Crippen LogP) is 4.82. The summed E-state index contributed by atoms with van der Waals surface area (Å²) in [5.74, 6) is 0.640. The zero-order valence-electron chi connectivity index (χ0n) is 14.1. The van der Waals surface area contributed by atoms with Gasteiger partial charge in [-0.25, -0.2) is 0 Å². The molecule has 0 radical (unpaired) electrons. The SMILES string of the molecule is CC[C@@H](Oc1ccc(C)cc1C)C(=O)Nc1cccc(SC)c1. The lowest BCUT2D eigenvalue weighted by molar-refractivity contribution is -0.122. The lowest BCUT2D eigenvalue weighted by Crippen LogP contribution is -2.32. The molecule has 0 fully saturated rings. The Morgan fingerprint density at radius 2 is 2.00 bits per heavy atom. The van der Waals surface area contributed by atoms with Crippen molar-refractivity contribution < 1.29 is 9.53 Å². The van der Waals surface area contributed by atoms with Crippen LogP contribution in [0.5, 0.6) is 5.75 Å². The Morgan fingerprint density at radius 3 is 2.65 bits per heavy atom. The van der Waals surface area contributed by atoms with Crippen molar-refractivity contribution in [1.29, 1.82) is 0 Å². The van der Waals surface area contributed by atoms with Crippen LogP contribution in [0.3, 0.4) is 0 Å². The van der Waals surface area contributed by atoms with E-state index in [0.29, 0.717) is 6.42 Å². The Hall–Kier alpha value is -1.94. The number of ether oxygens (including phenoxy) is 1. The fourth-order valence-electron chi connectivity index (χ4n) is 2.33. The van der Waals surface area contributed by atoms with Crippen LogP contribution in [0.4, 0.5) is 5.69 Å². The minimum absolute atomic E-state index is 0.120. The largest absolute Gasteiger partial charge is 0.480 e. The molecule has 0 unspecified atom stereocenters. The van der Waals surface area contributed by atoms with Gasteiger partial charge in [0.05, 0.1) is 0 Å². The quantitative estimate of drug-likeness (QED) is 0.772. The van der Waals surface area contributed by atoms with Crippen molar-refractivity contribution >= 4 is 23.4 Å². The molecular weight excluding hydrogens is 306 g/mol. The highest BCUT2D eigenvalue weighted by molar-refractivity contribution is 7.98. The molecule has 23 heavy (non-hydrogen) atoms. The average Bonchev–Trinajstić information content (AvgIpc) is 2.54. The van der Waals surface area contributed by atoms with Crippen LogP contribution in [0.2, 0.25) is 0 Å². The van der Waals surface area contributed by atoms with Crippen molar-refractivity contribution in [2.24, 2.45) is 0 Å². The molecule has 0 saturated carbocycles. The average molecular weight is 329 g/mol. The third-order valence-electron chi connectivity index (χ3n) is 3.60. The van der Waals surface area contributed by atoms with Crippen LogP contribution in [0.25, 0.3) is 0 Å². The minimum atomic E-state index is -0.505. The van der Waals surface area contributed by atoms with Crippen molar-refractivity contribution in [2.75, 3.05) is 11.6 Å². The lowest BCUT2D eigenvalue weighted by Gasteiger charge is -2.19. The van der Waals surface area contributed by atoms with Gasteiger partial charge in [-0.1, -0.05) is 30.7 Å². The second-order valence-corrected chi connectivity index (χ2v) is 6.38. The second-order valence-electron chi connectivity index (χ2n) is 5.50. The molecule has 2 aromatic carbocycles. The highest BCUT2D eigenvalue weighted by Gasteiger charge is 2.19. The summed E-state index contributed by atoms with van der Waals surface area (Å²) in [6.45, 7) is 5.99. The van der Waals surface area contributed by atoms with Crippen LogP contribution in [-0.2, 0) is 4.79 Å². The molecule has 0 aliphatic heterocycles. The summed E-state index contributed by atoms with van der Waals surface area (Å²) in [6, 6.07) is 13.8. The molecular formula is C19H23NO2S. The van der Waals surface area contributed by atoms with Crippen LogP contribution in [0.1, 0.15) is 24.5 Å². The van der Waals surface area contributed by atoms with Crippen LogP contribution in [0.15, 0.2) is 47.4 Å². The summed E-state index contributed by atoms with van der Waals surface area (Å²) in [6.07, 6.45) is 2.12. The Labute approximate surface area is 142 Å². The van der Waals surface area contributed by atoms with E-state index in [2.05, 4.69) is 11.4 Å². The highest BCUT2D eigenvalue weighted by atomic mass is 32.2. The molecule has 0 aromatic heterocycles. The molecule has 1 atom stereocenters. The van der Waals surface area contributed by atoms with Gasteiger partial charge in [-0.3, -0.25) is 4.79 Å². The normalized spacial score (nSPS) is 11.8. The molecule has 0 heterocycles. The van der Waals surface area contributed by atoms with Gasteiger partial charge < -0.3 is 10.1 Å². The van der Waals surface area contributed by atoms with Gasteiger partial charge in [-0.2, -0.15) is 0 Å². The smallest absolute Gasteiger partial charge is 0.265 e. The van der Waals surface area contributed by atoms with E-state index < -0.39 is 6.10 Å². The first kappa shape index (κ1) is 17.4. The number of rotatable bonds is 6. The molecule has 1 N–H and O–H groups in total. The molecule has 4 heteroatoms. The lowest BCUT2D eigenvalue weighted by atomic mass is 10.1. The predicted molar refractivity (Wildman–Crippen MR) is 97.5 cm³/mol. The first-order chi connectivity index (χ1) is 11.0. The van der Waals surface area contributed by atoms with Gasteiger partial charge in [0, 0.05) is 10.6 Å². The van der Waals surface area contributed by atoms with Gasteiger partial charge in [0.2, 0.25) is 0 Å². The number of carbonyl (C=O) groups excluding carboxylic acids is 1. The van der Waals surface area contributed by atoms with Gasteiger partial charge in [0.1, 0.15) is 5.75 Å². The first-order valence-corrected chi connectivity index (χ1v) is 8.94. The summed E-state index contributed by atoms with van der Waals surface area (Å²) < 4.78 is 5.92. The van der Waals surface area contributed by atoms with Gasteiger partial charge in [-0.15, -0.1) is 11.8 Å². The fourth-order valence-corrected chi connectivity index (χ4v) is 2.79. The zero-order valence-corrected chi connectivity index (χ0v) is 14.9. The number of hydrogen-bond acceptors (Lipinski definition) is 3. The molecule has 1 amide bonds. The molecule has 0 saturated heterocycles. The van der Waals surface area contributed by atoms with Crippen molar-refractivity contribution in [3.8, 4) is 5.75 Å². The van der Waals surface area contributed by atoms with Crippen LogP contribution >= 0.6 is 11.8 Å². The summed E-state index contributed by atoms with van der Waals surface area (Å²) in [5.41, 5.74) is 3.02. The summed E-state index contributed by atoms with van der Waals surface area (Å²) in [5, 5.41) is 2.94. The number of amides is 1. The van der Waals surface area contributed by atoms with Gasteiger partial charge >= 0.3 is 0 Å². The number of carbonyl (C=O) groups is 1. The monoisotopic (exact) mass is 329 g/mol. The topological polar surface area (TPSA) is 38.3 Å². The molecule has 2 aromatic rings. The summed E-state index contributed by atoms with van der Waals surface area (Å²) in [4.78, 5) is 13.6. The van der Waals surface area contributed by atoms with E-state index >= 15 is 0 Å². The molecule has 122 valence electrons. The summed E-state index contributed by atoms with van der Waals surface area (Å²) in [7, 11) is 0. The highest BCUT2D eigenvalue weighted by Crippen LogP contribution is 2.22. The first-order valence-electron chi connectivity index (χ1n) is 7.72. The Kier molecular flexibility index (Phi) is 6.11.